The molecule has 134 valence electrons. The zero-order valence-electron chi connectivity index (χ0n) is 14.8. The lowest BCUT2D eigenvalue weighted by Crippen LogP contribution is -2.29. The van der Waals surface area contributed by atoms with E-state index >= 15 is 0 Å². The SMILES string of the molecule is CCCNC(=O)c1ccc(N(Cc2ccccc2C)S(C)(=O)=O)cc1. The fourth-order valence-electron chi connectivity index (χ4n) is 2.46. The largest absolute Gasteiger partial charge is 0.352 e. The van der Waals surface area contributed by atoms with Crippen LogP contribution < -0.4 is 9.62 Å². The molecule has 0 aliphatic heterocycles. The summed E-state index contributed by atoms with van der Waals surface area (Å²) in [6.07, 6.45) is 2.05. The number of amides is 1. The second-order valence-corrected chi connectivity index (χ2v) is 7.91. The van der Waals surface area contributed by atoms with Gasteiger partial charge >= 0.3 is 0 Å². The number of hydrogen-bond donors (Lipinski definition) is 1. The molecule has 0 aromatic heterocycles. The van der Waals surface area contributed by atoms with Crippen LogP contribution in [0.15, 0.2) is 48.5 Å². The van der Waals surface area contributed by atoms with E-state index < -0.39 is 10.0 Å². The number of hydrogen-bond acceptors (Lipinski definition) is 3. The van der Waals surface area contributed by atoms with Gasteiger partial charge in [-0.25, -0.2) is 8.42 Å². The molecular weight excluding hydrogens is 336 g/mol. The maximum atomic E-state index is 12.3. The molecule has 0 aliphatic carbocycles. The van der Waals surface area contributed by atoms with Gasteiger partial charge in [0, 0.05) is 12.1 Å². The van der Waals surface area contributed by atoms with Crippen LogP contribution >= 0.6 is 0 Å². The van der Waals surface area contributed by atoms with Crippen LogP contribution in [-0.2, 0) is 16.6 Å². The quantitative estimate of drug-likeness (QED) is 0.825. The number of sulfonamides is 1. The molecule has 2 aromatic rings. The van der Waals surface area contributed by atoms with E-state index in [1.54, 1.807) is 24.3 Å². The van der Waals surface area contributed by atoms with Crippen molar-refractivity contribution in [2.45, 2.75) is 26.8 Å². The van der Waals surface area contributed by atoms with Crippen LogP contribution in [0.5, 0.6) is 0 Å². The third-order valence-electron chi connectivity index (χ3n) is 3.93. The summed E-state index contributed by atoms with van der Waals surface area (Å²) in [4.78, 5) is 12.0. The lowest BCUT2D eigenvalue weighted by Gasteiger charge is -2.23. The van der Waals surface area contributed by atoms with Gasteiger partial charge in [-0.2, -0.15) is 0 Å². The lowest BCUT2D eigenvalue weighted by molar-refractivity contribution is 0.0953. The molecule has 1 N–H and O–H groups in total. The van der Waals surface area contributed by atoms with E-state index in [2.05, 4.69) is 5.32 Å². The Balaban J connectivity index is 2.27. The molecule has 0 saturated carbocycles. The van der Waals surface area contributed by atoms with Gasteiger partial charge in [-0.15, -0.1) is 0 Å². The third kappa shape index (κ3) is 5.06. The molecule has 25 heavy (non-hydrogen) atoms. The molecule has 5 nitrogen and oxygen atoms in total. The van der Waals surface area contributed by atoms with E-state index in [0.717, 1.165) is 17.5 Å². The van der Waals surface area contributed by atoms with Crippen LogP contribution in [0.1, 0.15) is 34.8 Å². The Morgan fingerprint density at radius 2 is 1.72 bits per heavy atom. The Morgan fingerprint density at radius 1 is 1.08 bits per heavy atom. The normalized spacial score (nSPS) is 11.2. The molecule has 0 saturated heterocycles. The highest BCUT2D eigenvalue weighted by molar-refractivity contribution is 7.92. The molecule has 6 heteroatoms. The highest BCUT2D eigenvalue weighted by Gasteiger charge is 2.19. The number of nitrogens with zero attached hydrogens (tertiary/aromatic N) is 1. The minimum atomic E-state index is -3.45. The van der Waals surface area contributed by atoms with Crippen molar-refractivity contribution >= 4 is 21.6 Å². The molecular formula is C19H24N2O3S. The Kier molecular flexibility index (Phi) is 6.20. The summed E-state index contributed by atoms with van der Waals surface area (Å²) in [6.45, 7) is 4.81. The van der Waals surface area contributed by atoms with Gasteiger partial charge in [0.25, 0.3) is 5.91 Å². The van der Waals surface area contributed by atoms with Crippen LogP contribution in [0, 0.1) is 6.92 Å². The number of benzene rings is 2. The summed E-state index contributed by atoms with van der Waals surface area (Å²) in [5.74, 6) is -0.154. The fourth-order valence-corrected chi connectivity index (χ4v) is 3.34. The van der Waals surface area contributed by atoms with Gasteiger partial charge in [0.2, 0.25) is 10.0 Å². The van der Waals surface area contributed by atoms with Gasteiger partial charge in [-0.05, 0) is 48.7 Å². The zero-order chi connectivity index (χ0) is 18.4. The maximum Gasteiger partial charge on any atom is 0.251 e. The standard InChI is InChI=1S/C19H24N2O3S/c1-4-13-20-19(22)16-9-11-18(12-10-16)21(25(3,23)24)14-17-8-6-5-7-15(17)2/h5-12H,4,13-14H2,1-3H3,(H,20,22). The van der Waals surface area contributed by atoms with E-state index in [0.29, 0.717) is 17.8 Å². The molecule has 2 rings (SSSR count). The van der Waals surface area contributed by atoms with Crippen LogP contribution in [0.2, 0.25) is 0 Å². The Labute approximate surface area is 149 Å². The minimum Gasteiger partial charge on any atom is -0.352 e. The number of nitrogens with one attached hydrogen (secondary N) is 1. The van der Waals surface area contributed by atoms with Crippen LogP contribution in [0.4, 0.5) is 5.69 Å². The van der Waals surface area contributed by atoms with Crippen molar-refractivity contribution in [2.75, 3.05) is 17.1 Å². The molecule has 0 heterocycles. The molecule has 1 amide bonds. The number of rotatable bonds is 7. The number of carbonyl (C=O) groups is 1. The van der Waals surface area contributed by atoms with Gasteiger partial charge in [-0.1, -0.05) is 31.2 Å². The van der Waals surface area contributed by atoms with Crippen molar-refractivity contribution in [1.29, 1.82) is 0 Å². The summed E-state index contributed by atoms with van der Waals surface area (Å²) in [5, 5.41) is 2.80. The van der Waals surface area contributed by atoms with Gasteiger partial charge in [0.05, 0.1) is 18.5 Å². The summed E-state index contributed by atoms with van der Waals surface area (Å²) in [6, 6.07) is 14.3. The number of anilines is 1. The van der Waals surface area contributed by atoms with Crippen molar-refractivity contribution < 1.29 is 13.2 Å². The van der Waals surface area contributed by atoms with E-state index in [9.17, 15) is 13.2 Å². The number of aryl methyl sites for hydroxylation is 1. The van der Waals surface area contributed by atoms with Crippen LogP contribution in [0.3, 0.4) is 0 Å². The molecule has 0 radical (unpaired) electrons. The average molecular weight is 360 g/mol. The average Bonchev–Trinajstić information content (AvgIpc) is 2.58. The Morgan fingerprint density at radius 3 is 2.28 bits per heavy atom. The van der Waals surface area contributed by atoms with Gasteiger partial charge in [0.1, 0.15) is 0 Å². The predicted octanol–water partition coefficient (Wildman–Crippen LogP) is 3.10. The topological polar surface area (TPSA) is 66.5 Å². The summed E-state index contributed by atoms with van der Waals surface area (Å²) < 4.78 is 25.9. The summed E-state index contributed by atoms with van der Waals surface area (Å²) in [5.41, 5.74) is 3.03. The molecule has 0 aliphatic rings. The Hall–Kier alpha value is -2.34. The van der Waals surface area contributed by atoms with Crippen molar-refractivity contribution in [3.8, 4) is 0 Å². The van der Waals surface area contributed by atoms with E-state index in [4.69, 9.17) is 0 Å². The maximum absolute atomic E-state index is 12.3. The Bertz CT molecular complexity index is 830. The smallest absolute Gasteiger partial charge is 0.251 e. The third-order valence-corrected chi connectivity index (χ3v) is 5.07. The van der Waals surface area contributed by atoms with Crippen molar-refractivity contribution in [2.24, 2.45) is 0 Å². The van der Waals surface area contributed by atoms with E-state index in [1.165, 1.54) is 10.6 Å². The first-order valence-electron chi connectivity index (χ1n) is 8.23. The molecule has 0 bridgehead atoms. The zero-order valence-corrected chi connectivity index (χ0v) is 15.6. The van der Waals surface area contributed by atoms with Crippen molar-refractivity contribution in [1.82, 2.24) is 5.32 Å². The summed E-state index contributed by atoms with van der Waals surface area (Å²) in [7, 11) is -3.45. The van der Waals surface area contributed by atoms with Gasteiger partial charge in [0.15, 0.2) is 0 Å². The second kappa shape index (κ2) is 8.16. The van der Waals surface area contributed by atoms with Crippen molar-refractivity contribution in [3.63, 3.8) is 0 Å². The molecule has 0 spiro atoms. The minimum absolute atomic E-state index is 0.154. The van der Waals surface area contributed by atoms with Gasteiger partial charge < -0.3 is 5.32 Å². The molecule has 2 aromatic carbocycles. The lowest BCUT2D eigenvalue weighted by atomic mass is 10.1. The van der Waals surface area contributed by atoms with Crippen molar-refractivity contribution in [3.05, 3.63) is 65.2 Å². The molecule has 0 unspecified atom stereocenters. The van der Waals surface area contributed by atoms with E-state index in [-0.39, 0.29) is 12.5 Å². The van der Waals surface area contributed by atoms with Crippen LogP contribution in [-0.4, -0.2) is 27.1 Å². The van der Waals surface area contributed by atoms with E-state index in [1.807, 2.05) is 38.1 Å². The highest BCUT2D eigenvalue weighted by Crippen LogP contribution is 2.22. The predicted molar refractivity (Wildman–Crippen MR) is 101 cm³/mol. The number of carbonyl (C=O) groups excluding carboxylic acids is 1. The second-order valence-electron chi connectivity index (χ2n) is 6.00. The fraction of sp³-hybridized carbons (Fsp3) is 0.316. The van der Waals surface area contributed by atoms with Crippen LogP contribution in [0.25, 0.3) is 0 Å². The molecule has 0 atom stereocenters. The first-order valence-corrected chi connectivity index (χ1v) is 10.1. The highest BCUT2D eigenvalue weighted by atomic mass is 32.2. The summed E-state index contributed by atoms with van der Waals surface area (Å²) >= 11 is 0. The van der Waals surface area contributed by atoms with Gasteiger partial charge in [-0.3, -0.25) is 9.10 Å². The first kappa shape index (κ1) is 19.0. The monoisotopic (exact) mass is 360 g/mol. The molecule has 0 fully saturated rings. The first-order chi connectivity index (χ1) is 11.8.